The van der Waals surface area contributed by atoms with Gasteiger partial charge >= 0.3 is 19.8 Å². The highest BCUT2D eigenvalue weighted by atomic mass is 31.2. The van der Waals surface area contributed by atoms with Crippen molar-refractivity contribution in [2.45, 2.75) is 148 Å². The summed E-state index contributed by atoms with van der Waals surface area (Å²) in [6.45, 7) is 3.36. The van der Waals surface area contributed by atoms with Crippen LogP contribution in [0.15, 0.2) is 60.8 Å². The largest absolute Gasteiger partial charge is 0.469 e. The number of rotatable bonds is 31. The number of carbonyl (C=O) groups is 2. The monoisotopic (exact) mass is 682 g/mol. The van der Waals surface area contributed by atoms with E-state index in [4.69, 9.17) is 19.3 Å². The third kappa shape index (κ3) is 34.9. The van der Waals surface area contributed by atoms with Gasteiger partial charge in [-0.25, -0.2) is 4.57 Å². The molecule has 0 amide bonds. The molecule has 2 atom stereocenters. The van der Waals surface area contributed by atoms with Crippen LogP contribution in [-0.2, 0) is 28.2 Å². The van der Waals surface area contributed by atoms with Gasteiger partial charge in [0.05, 0.1) is 12.7 Å². The van der Waals surface area contributed by atoms with Crippen molar-refractivity contribution in [2.24, 2.45) is 0 Å². The van der Waals surface area contributed by atoms with Crippen molar-refractivity contribution in [3.8, 4) is 0 Å². The Hall–Kier alpha value is -2.29. The van der Waals surface area contributed by atoms with E-state index in [0.717, 1.165) is 38.5 Å². The summed E-state index contributed by atoms with van der Waals surface area (Å²) in [5.74, 6) is -0.983. The zero-order valence-corrected chi connectivity index (χ0v) is 29.9. The molecule has 0 aromatic heterocycles. The van der Waals surface area contributed by atoms with E-state index >= 15 is 0 Å². The van der Waals surface area contributed by atoms with Crippen molar-refractivity contribution in [1.82, 2.24) is 0 Å². The van der Waals surface area contributed by atoms with E-state index in [2.05, 4.69) is 23.6 Å². The first-order chi connectivity index (χ1) is 22.7. The van der Waals surface area contributed by atoms with Crippen LogP contribution >= 0.6 is 7.82 Å². The Morgan fingerprint density at radius 2 is 1.26 bits per heavy atom. The van der Waals surface area contributed by atoms with Crippen LogP contribution in [0.2, 0.25) is 0 Å². The first kappa shape index (κ1) is 44.7. The number of esters is 2. The van der Waals surface area contributed by atoms with Crippen LogP contribution in [0.4, 0.5) is 0 Å². The van der Waals surface area contributed by atoms with Crippen molar-refractivity contribution in [1.29, 1.82) is 0 Å². The molecule has 3 N–H and O–H groups in total. The fourth-order valence-electron chi connectivity index (χ4n) is 4.49. The highest BCUT2D eigenvalue weighted by Gasteiger charge is 2.22. The maximum absolute atomic E-state index is 12.3. The van der Waals surface area contributed by atoms with E-state index in [1.54, 1.807) is 0 Å². The molecule has 270 valence electrons. The number of aliphatic hydroxyl groups is 1. The van der Waals surface area contributed by atoms with Crippen molar-refractivity contribution >= 4 is 19.8 Å². The number of aliphatic hydroxyl groups excluding tert-OH is 1. The number of phosphoric acid groups is 1. The summed E-state index contributed by atoms with van der Waals surface area (Å²) in [7, 11) is -4.77. The molecule has 0 aliphatic heterocycles. The van der Waals surface area contributed by atoms with Gasteiger partial charge in [0.25, 0.3) is 0 Å². The molecule has 47 heavy (non-hydrogen) atoms. The molecular weight excluding hydrogens is 619 g/mol. The molecular formula is C37H63O9P. The predicted molar refractivity (Wildman–Crippen MR) is 190 cm³/mol. The number of hydrogen-bond acceptors (Lipinski definition) is 7. The Bertz CT molecular complexity index is 965. The van der Waals surface area contributed by atoms with E-state index in [9.17, 15) is 19.3 Å². The smallest absolute Gasteiger partial charge is 0.462 e. The minimum Gasteiger partial charge on any atom is -0.462 e. The molecule has 0 saturated carbocycles. The molecule has 10 heteroatoms. The van der Waals surface area contributed by atoms with Crippen molar-refractivity contribution in [3.63, 3.8) is 0 Å². The third-order valence-electron chi connectivity index (χ3n) is 7.13. The average Bonchev–Trinajstić information content (AvgIpc) is 3.03. The Morgan fingerprint density at radius 3 is 1.89 bits per heavy atom. The number of ether oxygens (including phenoxy) is 2. The van der Waals surface area contributed by atoms with Crippen LogP contribution in [0.25, 0.3) is 0 Å². The van der Waals surface area contributed by atoms with E-state index in [1.165, 1.54) is 44.9 Å². The van der Waals surface area contributed by atoms with Crippen LogP contribution < -0.4 is 0 Å². The summed E-state index contributed by atoms with van der Waals surface area (Å²) in [6.07, 6.45) is 35.8. The van der Waals surface area contributed by atoms with Crippen molar-refractivity contribution in [3.05, 3.63) is 60.8 Å². The fraction of sp³-hybridized carbons (Fsp3) is 0.676. The molecule has 0 radical (unpaired) electrons. The average molecular weight is 683 g/mol. The maximum Gasteiger partial charge on any atom is 0.469 e. The summed E-state index contributed by atoms with van der Waals surface area (Å²) in [6, 6.07) is 0. The first-order valence-electron chi connectivity index (χ1n) is 17.7. The third-order valence-corrected chi connectivity index (χ3v) is 7.61. The summed E-state index contributed by atoms with van der Waals surface area (Å²) in [5, 5.41) is 9.72. The molecule has 1 unspecified atom stereocenters. The predicted octanol–water partition coefficient (Wildman–Crippen LogP) is 9.14. The standard InChI is InChI=1S/C37H63O9P/c1-3-5-7-8-9-10-13-17-20-23-26-30-36(39)44-32-35(33-45-47(41,42)43)46-37(40)31-27-24-21-18-15-12-11-14-16-19-22-25-29-34(38)28-6-4-2/h6,11-12,16,18-19,21-22,25,28,34-35,38H,3-5,7-10,13-15,17,20,23-24,26-27,29-33H2,1-2H3,(H2,41,42,43)/b12-11-,19-16-,21-18-,25-22+,28-6-/t34?,35-/m1/s1. The summed E-state index contributed by atoms with van der Waals surface area (Å²) in [4.78, 5) is 42.5. The van der Waals surface area contributed by atoms with Gasteiger partial charge in [0.2, 0.25) is 0 Å². The normalized spacial score (nSPS) is 13.9. The van der Waals surface area contributed by atoms with E-state index < -0.39 is 38.6 Å². The zero-order chi connectivity index (χ0) is 34.9. The minimum absolute atomic E-state index is 0.115. The lowest BCUT2D eigenvalue weighted by molar-refractivity contribution is -0.161. The maximum atomic E-state index is 12.3. The molecule has 0 aliphatic carbocycles. The summed E-state index contributed by atoms with van der Waals surface area (Å²) in [5.41, 5.74) is 0. The first-order valence-corrected chi connectivity index (χ1v) is 19.2. The van der Waals surface area contributed by atoms with Gasteiger partial charge < -0.3 is 24.4 Å². The molecule has 0 bridgehead atoms. The lowest BCUT2D eigenvalue weighted by Crippen LogP contribution is -2.29. The molecule has 0 aromatic rings. The summed E-state index contributed by atoms with van der Waals surface area (Å²) < 4.78 is 26.2. The van der Waals surface area contributed by atoms with Gasteiger partial charge in [-0.3, -0.25) is 14.1 Å². The van der Waals surface area contributed by atoms with Crippen LogP contribution in [0.5, 0.6) is 0 Å². The quantitative estimate of drug-likeness (QED) is 0.0215. The SMILES string of the molecule is CC/C=C\C(O)C/C=C/C=C\C/C=C\C/C=C\CCCC(=O)O[C@H](COC(=O)CCCCCCCCCCCCC)COP(=O)(O)O. The molecule has 9 nitrogen and oxygen atoms in total. The van der Waals surface area contributed by atoms with Gasteiger partial charge in [0, 0.05) is 12.8 Å². The minimum atomic E-state index is -4.77. The number of allylic oxidation sites excluding steroid dienone is 8. The second-order valence-corrected chi connectivity index (χ2v) is 12.9. The highest BCUT2D eigenvalue weighted by Crippen LogP contribution is 2.35. The molecule has 0 rings (SSSR count). The van der Waals surface area contributed by atoms with E-state index in [-0.39, 0.29) is 19.4 Å². The Balaban J connectivity index is 4.16. The van der Waals surface area contributed by atoms with E-state index in [1.807, 2.05) is 55.5 Å². The highest BCUT2D eigenvalue weighted by molar-refractivity contribution is 7.46. The van der Waals surface area contributed by atoms with E-state index in [0.29, 0.717) is 25.7 Å². The molecule has 0 heterocycles. The fourth-order valence-corrected chi connectivity index (χ4v) is 4.85. The number of hydrogen-bond donors (Lipinski definition) is 3. The van der Waals surface area contributed by atoms with Gasteiger partial charge in [-0.05, 0) is 44.9 Å². The van der Waals surface area contributed by atoms with Gasteiger partial charge in [0.1, 0.15) is 6.61 Å². The van der Waals surface area contributed by atoms with Gasteiger partial charge in [-0.2, -0.15) is 0 Å². The number of unbranched alkanes of at least 4 members (excludes halogenated alkanes) is 11. The van der Waals surface area contributed by atoms with Crippen LogP contribution in [0, 0.1) is 0 Å². The number of phosphoric ester groups is 1. The van der Waals surface area contributed by atoms with Gasteiger partial charge in [-0.15, -0.1) is 0 Å². The lowest BCUT2D eigenvalue weighted by Gasteiger charge is -2.18. The van der Waals surface area contributed by atoms with Crippen LogP contribution in [0.3, 0.4) is 0 Å². The molecule has 0 aliphatic rings. The molecule has 0 aromatic carbocycles. The zero-order valence-electron chi connectivity index (χ0n) is 29.0. The second-order valence-electron chi connectivity index (χ2n) is 11.7. The van der Waals surface area contributed by atoms with Crippen molar-refractivity contribution in [2.75, 3.05) is 13.2 Å². The van der Waals surface area contributed by atoms with Crippen LogP contribution in [0.1, 0.15) is 136 Å². The van der Waals surface area contributed by atoms with Crippen molar-refractivity contribution < 1.29 is 43.0 Å². The molecule has 0 spiro atoms. The summed E-state index contributed by atoms with van der Waals surface area (Å²) >= 11 is 0. The number of carbonyl (C=O) groups excluding carboxylic acids is 2. The van der Waals surface area contributed by atoms with Crippen LogP contribution in [-0.4, -0.2) is 52.3 Å². The Kier molecular flexibility index (Phi) is 30.7. The second kappa shape index (κ2) is 32.3. The van der Waals surface area contributed by atoms with Gasteiger partial charge in [-0.1, -0.05) is 139 Å². The molecule has 0 saturated heterocycles. The Morgan fingerprint density at radius 1 is 0.681 bits per heavy atom. The Labute approximate surface area is 284 Å². The lowest BCUT2D eigenvalue weighted by atomic mass is 10.1. The molecule has 0 fully saturated rings. The topological polar surface area (TPSA) is 140 Å². The van der Waals surface area contributed by atoms with Gasteiger partial charge in [0.15, 0.2) is 6.10 Å².